The molecule has 0 spiro atoms. The average Bonchev–Trinajstić information content (AvgIpc) is 2.45. The molecule has 2 heterocycles. The van der Waals surface area contributed by atoms with Crippen molar-refractivity contribution >= 4 is 17.3 Å². The van der Waals surface area contributed by atoms with Gasteiger partial charge in [-0.05, 0) is 31.6 Å². The molecule has 0 N–H and O–H groups in total. The van der Waals surface area contributed by atoms with E-state index in [2.05, 4.69) is 16.9 Å². The van der Waals surface area contributed by atoms with Gasteiger partial charge in [-0.15, -0.1) is 11.6 Å². The van der Waals surface area contributed by atoms with Gasteiger partial charge in [-0.3, -0.25) is 4.79 Å². The van der Waals surface area contributed by atoms with E-state index in [-0.39, 0.29) is 5.56 Å². The molecule has 1 aliphatic heterocycles. The first-order valence-corrected chi connectivity index (χ1v) is 8.12. The van der Waals surface area contributed by atoms with Crippen LogP contribution in [0.15, 0.2) is 17.1 Å². The Morgan fingerprint density at radius 3 is 2.95 bits per heavy atom. The topological polar surface area (TPSA) is 38.1 Å². The Hall–Kier alpha value is -1.03. The Kier molecular flexibility index (Phi) is 5.89. The van der Waals surface area contributed by atoms with Crippen LogP contribution in [-0.4, -0.2) is 28.8 Å². The molecule has 112 valence electrons. The predicted molar refractivity (Wildman–Crippen MR) is 83.7 cm³/mol. The van der Waals surface area contributed by atoms with Gasteiger partial charge >= 0.3 is 0 Å². The molecule has 5 heteroatoms. The van der Waals surface area contributed by atoms with E-state index in [0.29, 0.717) is 18.3 Å². The van der Waals surface area contributed by atoms with E-state index >= 15 is 0 Å². The molecule has 4 nitrogen and oxygen atoms in total. The number of aromatic nitrogens is 2. The molecule has 1 aromatic rings. The number of aryl methyl sites for hydroxylation is 1. The Balaban J connectivity index is 1.96. The lowest BCUT2D eigenvalue weighted by Crippen LogP contribution is -2.35. The second-order valence-electron chi connectivity index (χ2n) is 5.72. The number of anilines is 1. The van der Waals surface area contributed by atoms with Gasteiger partial charge in [-0.25, -0.2) is 4.68 Å². The Labute approximate surface area is 125 Å². The van der Waals surface area contributed by atoms with Crippen molar-refractivity contribution in [2.45, 2.75) is 45.6 Å². The van der Waals surface area contributed by atoms with Crippen molar-refractivity contribution in [1.82, 2.24) is 9.78 Å². The quantitative estimate of drug-likeness (QED) is 0.598. The monoisotopic (exact) mass is 297 g/mol. The van der Waals surface area contributed by atoms with Gasteiger partial charge in [0.1, 0.15) is 0 Å². The molecule has 1 aromatic heterocycles. The summed E-state index contributed by atoms with van der Waals surface area (Å²) in [6.45, 7) is 5.01. The third-order valence-corrected chi connectivity index (χ3v) is 4.15. The highest BCUT2D eigenvalue weighted by molar-refractivity contribution is 6.17. The normalized spacial score (nSPS) is 19.3. The fourth-order valence-electron chi connectivity index (χ4n) is 2.72. The van der Waals surface area contributed by atoms with Crippen molar-refractivity contribution in [3.8, 4) is 0 Å². The van der Waals surface area contributed by atoms with Crippen LogP contribution in [0.3, 0.4) is 0 Å². The minimum atomic E-state index is 0.00611. The zero-order chi connectivity index (χ0) is 14.4. The lowest BCUT2D eigenvalue weighted by Gasteiger charge is -2.32. The predicted octanol–water partition coefficient (Wildman–Crippen LogP) is 2.89. The summed E-state index contributed by atoms with van der Waals surface area (Å²) in [6.07, 6.45) is 7.31. The summed E-state index contributed by atoms with van der Waals surface area (Å²) in [4.78, 5) is 14.4. The van der Waals surface area contributed by atoms with Gasteiger partial charge in [-0.2, -0.15) is 5.10 Å². The number of unbranched alkanes of at least 4 members (excludes halogenated alkanes) is 2. The largest absolute Gasteiger partial charge is 0.370 e. The summed E-state index contributed by atoms with van der Waals surface area (Å²) in [7, 11) is 0. The Morgan fingerprint density at radius 1 is 1.40 bits per heavy atom. The number of hydrogen-bond donors (Lipinski definition) is 0. The molecule has 1 atom stereocenters. The van der Waals surface area contributed by atoms with Crippen molar-refractivity contribution in [3.63, 3.8) is 0 Å². The van der Waals surface area contributed by atoms with Crippen LogP contribution in [0, 0.1) is 5.92 Å². The number of halogens is 1. The maximum absolute atomic E-state index is 12.1. The molecule has 0 radical (unpaired) electrons. The van der Waals surface area contributed by atoms with Crippen molar-refractivity contribution in [2.24, 2.45) is 5.92 Å². The highest BCUT2D eigenvalue weighted by Gasteiger charge is 2.17. The van der Waals surface area contributed by atoms with Gasteiger partial charge in [-0.1, -0.05) is 13.3 Å². The fourth-order valence-corrected chi connectivity index (χ4v) is 2.91. The van der Waals surface area contributed by atoms with E-state index in [1.165, 1.54) is 12.8 Å². The maximum Gasteiger partial charge on any atom is 0.268 e. The van der Waals surface area contributed by atoms with Crippen molar-refractivity contribution in [1.29, 1.82) is 0 Å². The van der Waals surface area contributed by atoms with Gasteiger partial charge < -0.3 is 4.90 Å². The van der Waals surface area contributed by atoms with E-state index in [0.717, 1.165) is 38.0 Å². The third-order valence-electron chi connectivity index (χ3n) is 3.88. The van der Waals surface area contributed by atoms with Gasteiger partial charge in [0.2, 0.25) is 0 Å². The SMILES string of the molecule is CC1CCCN(c2cnn(CCCCCCl)c(=O)c2)C1. The minimum Gasteiger partial charge on any atom is -0.370 e. The second-order valence-corrected chi connectivity index (χ2v) is 6.10. The third kappa shape index (κ3) is 4.23. The van der Waals surface area contributed by atoms with Crippen LogP contribution in [-0.2, 0) is 6.54 Å². The summed E-state index contributed by atoms with van der Waals surface area (Å²) in [6, 6.07) is 1.73. The minimum absolute atomic E-state index is 0.00611. The molecule has 1 unspecified atom stereocenters. The van der Waals surface area contributed by atoms with E-state index in [1.54, 1.807) is 10.7 Å². The van der Waals surface area contributed by atoms with Crippen molar-refractivity contribution in [3.05, 3.63) is 22.6 Å². The van der Waals surface area contributed by atoms with Crippen LogP contribution in [0.2, 0.25) is 0 Å². The highest BCUT2D eigenvalue weighted by Crippen LogP contribution is 2.20. The number of piperidine rings is 1. The summed E-state index contributed by atoms with van der Waals surface area (Å²) in [5.41, 5.74) is 0.977. The number of alkyl halides is 1. The number of nitrogens with zero attached hydrogens (tertiary/aromatic N) is 3. The number of rotatable bonds is 6. The van der Waals surface area contributed by atoms with Gasteiger partial charge in [0.05, 0.1) is 11.9 Å². The molecular formula is C15H24ClN3O. The van der Waals surface area contributed by atoms with Gasteiger partial charge in [0, 0.05) is 31.6 Å². The maximum atomic E-state index is 12.1. The first-order chi connectivity index (χ1) is 9.70. The molecular weight excluding hydrogens is 274 g/mol. The van der Waals surface area contributed by atoms with Crippen LogP contribution in [0.1, 0.15) is 39.0 Å². The molecule has 0 aliphatic carbocycles. The molecule has 1 saturated heterocycles. The average molecular weight is 298 g/mol. The van der Waals surface area contributed by atoms with E-state index in [4.69, 9.17) is 11.6 Å². The lowest BCUT2D eigenvalue weighted by atomic mass is 10.00. The van der Waals surface area contributed by atoms with E-state index < -0.39 is 0 Å². The summed E-state index contributed by atoms with van der Waals surface area (Å²) in [5.74, 6) is 1.38. The molecule has 0 aromatic carbocycles. The summed E-state index contributed by atoms with van der Waals surface area (Å²) in [5, 5.41) is 4.31. The standard InChI is InChI=1S/C15H24ClN3O/c1-13-6-5-8-18(12-13)14-10-15(20)19(17-11-14)9-4-2-3-7-16/h10-11,13H,2-9,12H2,1H3. The van der Waals surface area contributed by atoms with Crippen LogP contribution >= 0.6 is 11.6 Å². The molecule has 0 amide bonds. The summed E-state index contributed by atoms with van der Waals surface area (Å²) >= 11 is 5.64. The zero-order valence-electron chi connectivity index (χ0n) is 12.2. The lowest BCUT2D eigenvalue weighted by molar-refractivity contribution is 0.445. The smallest absolute Gasteiger partial charge is 0.268 e. The molecule has 1 aliphatic rings. The highest BCUT2D eigenvalue weighted by atomic mass is 35.5. The molecule has 20 heavy (non-hydrogen) atoms. The first-order valence-electron chi connectivity index (χ1n) is 7.59. The van der Waals surface area contributed by atoms with Crippen molar-refractivity contribution in [2.75, 3.05) is 23.9 Å². The Morgan fingerprint density at radius 2 is 2.25 bits per heavy atom. The first kappa shape index (κ1) is 15.4. The van der Waals surface area contributed by atoms with Crippen LogP contribution in [0.25, 0.3) is 0 Å². The molecule has 2 rings (SSSR count). The van der Waals surface area contributed by atoms with Crippen LogP contribution in [0.5, 0.6) is 0 Å². The van der Waals surface area contributed by atoms with E-state index in [1.807, 2.05) is 6.20 Å². The van der Waals surface area contributed by atoms with Crippen LogP contribution in [0.4, 0.5) is 5.69 Å². The van der Waals surface area contributed by atoms with Crippen LogP contribution < -0.4 is 10.5 Å². The Bertz CT molecular complexity index is 474. The van der Waals surface area contributed by atoms with E-state index in [9.17, 15) is 4.79 Å². The number of hydrogen-bond acceptors (Lipinski definition) is 3. The van der Waals surface area contributed by atoms with Gasteiger partial charge in [0.25, 0.3) is 5.56 Å². The molecule has 0 saturated carbocycles. The summed E-state index contributed by atoms with van der Waals surface area (Å²) < 4.78 is 1.56. The molecule has 1 fully saturated rings. The molecule has 0 bridgehead atoms. The zero-order valence-corrected chi connectivity index (χ0v) is 13.0. The fraction of sp³-hybridized carbons (Fsp3) is 0.733. The van der Waals surface area contributed by atoms with Gasteiger partial charge in [0.15, 0.2) is 0 Å². The van der Waals surface area contributed by atoms with Crippen molar-refractivity contribution < 1.29 is 0 Å². The second kappa shape index (κ2) is 7.67.